The van der Waals surface area contributed by atoms with E-state index >= 15 is 0 Å². The highest BCUT2D eigenvalue weighted by molar-refractivity contribution is 5.99. The molecule has 1 heterocycles. The van der Waals surface area contributed by atoms with Crippen molar-refractivity contribution in [2.45, 2.75) is 25.7 Å². The van der Waals surface area contributed by atoms with E-state index in [0.717, 1.165) is 29.7 Å². The van der Waals surface area contributed by atoms with Gasteiger partial charge in [0.05, 0.1) is 14.2 Å². The van der Waals surface area contributed by atoms with Gasteiger partial charge in [0.1, 0.15) is 6.54 Å². The fraction of sp³-hybridized carbons (Fsp3) is 0.364. The highest BCUT2D eigenvalue weighted by Crippen LogP contribution is 2.28. The maximum atomic E-state index is 12.5. The number of carbonyl (C=O) groups is 2. The van der Waals surface area contributed by atoms with Gasteiger partial charge in [-0.25, -0.2) is 0 Å². The number of benzene rings is 2. The smallest absolute Gasteiger partial charge is 0.240 e. The second-order valence-corrected chi connectivity index (χ2v) is 6.75. The Balaban J connectivity index is 1.58. The third kappa shape index (κ3) is 4.63. The van der Waals surface area contributed by atoms with Crippen LogP contribution in [0.15, 0.2) is 42.5 Å². The van der Waals surface area contributed by atoms with Crippen molar-refractivity contribution < 1.29 is 19.1 Å². The Hall–Kier alpha value is -3.02. The molecule has 2 aromatic rings. The molecule has 2 aromatic carbocycles. The lowest BCUT2D eigenvalue weighted by atomic mass is 10.1. The minimum atomic E-state index is -0.162. The van der Waals surface area contributed by atoms with E-state index in [4.69, 9.17) is 9.47 Å². The predicted molar refractivity (Wildman–Crippen MR) is 108 cm³/mol. The van der Waals surface area contributed by atoms with Gasteiger partial charge in [-0.15, -0.1) is 0 Å². The van der Waals surface area contributed by atoms with E-state index in [1.807, 2.05) is 42.5 Å². The van der Waals surface area contributed by atoms with Crippen molar-refractivity contribution in [1.82, 2.24) is 5.32 Å². The maximum absolute atomic E-state index is 12.5. The molecule has 0 saturated carbocycles. The quantitative estimate of drug-likeness (QED) is 0.800. The van der Waals surface area contributed by atoms with Gasteiger partial charge in [-0.2, -0.15) is 0 Å². The van der Waals surface area contributed by atoms with Crippen LogP contribution in [0.5, 0.6) is 11.5 Å². The normalized spacial score (nSPS) is 13.5. The molecule has 28 heavy (non-hydrogen) atoms. The zero-order valence-corrected chi connectivity index (χ0v) is 16.4. The molecule has 0 fully saturated rings. The van der Waals surface area contributed by atoms with Crippen LogP contribution in [-0.2, 0) is 22.4 Å². The molecule has 148 valence electrons. The van der Waals surface area contributed by atoms with Crippen molar-refractivity contribution in [3.8, 4) is 11.5 Å². The molecular formula is C22H26N2O4. The number of anilines is 1. The van der Waals surface area contributed by atoms with Crippen molar-refractivity contribution in [3.05, 3.63) is 53.6 Å². The second kappa shape index (κ2) is 9.26. The third-order valence-corrected chi connectivity index (χ3v) is 4.91. The molecule has 0 aliphatic carbocycles. The summed E-state index contributed by atoms with van der Waals surface area (Å²) in [5.41, 5.74) is 3.00. The van der Waals surface area contributed by atoms with Crippen molar-refractivity contribution >= 4 is 17.5 Å². The molecule has 0 radical (unpaired) electrons. The first-order chi connectivity index (χ1) is 13.6. The number of para-hydroxylation sites is 1. The number of ether oxygens (including phenoxy) is 2. The van der Waals surface area contributed by atoms with Gasteiger partial charge in [0, 0.05) is 18.7 Å². The topological polar surface area (TPSA) is 67.9 Å². The molecule has 0 saturated heterocycles. The number of fused-ring (bicyclic) bond motifs is 1. The Kier molecular flexibility index (Phi) is 6.53. The Morgan fingerprint density at radius 3 is 2.64 bits per heavy atom. The largest absolute Gasteiger partial charge is 0.493 e. The third-order valence-electron chi connectivity index (χ3n) is 4.91. The van der Waals surface area contributed by atoms with Crippen LogP contribution in [0.1, 0.15) is 24.0 Å². The molecular weight excluding hydrogens is 356 g/mol. The molecule has 0 bridgehead atoms. The number of hydrogen-bond acceptors (Lipinski definition) is 4. The number of rotatable bonds is 7. The van der Waals surface area contributed by atoms with Crippen LogP contribution in [0, 0.1) is 0 Å². The minimum absolute atomic E-state index is 0.00000855. The van der Waals surface area contributed by atoms with Crippen LogP contribution in [0.4, 0.5) is 5.69 Å². The Morgan fingerprint density at radius 2 is 1.86 bits per heavy atom. The highest BCUT2D eigenvalue weighted by atomic mass is 16.5. The molecule has 1 aliphatic rings. The van der Waals surface area contributed by atoms with Crippen LogP contribution in [0.25, 0.3) is 0 Å². The lowest BCUT2D eigenvalue weighted by molar-refractivity contribution is -0.123. The van der Waals surface area contributed by atoms with Crippen LogP contribution in [-0.4, -0.2) is 39.1 Å². The Labute approximate surface area is 165 Å². The average Bonchev–Trinajstić information content (AvgIpc) is 2.87. The first-order valence-electron chi connectivity index (χ1n) is 9.48. The van der Waals surface area contributed by atoms with Crippen molar-refractivity contribution in [3.63, 3.8) is 0 Å². The number of nitrogens with one attached hydrogen (secondary N) is 1. The number of amides is 2. The van der Waals surface area contributed by atoms with E-state index in [9.17, 15) is 9.59 Å². The lowest BCUT2D eigenvalue weighted by Crippen LogP contribution is -2.41. The molecule has 6 nitrogen and oxygen atoms in total. The zero-order chi connectivity index (χ0) is 19.9. The van der Waals surface area contributed by atoms with E-state index in [-0.39, 0.29) is 18.4 Å². The summed E-state index contributed by atoms with van der Waals surface area (Å²) in [6.45, 7) is 0.528. The second-order valence-electron chi connectivity index (χ2n) is 6.75. The molecule has 1 N–H and O–H groups in total. The molecule has 0 unspecified atom stereocenters. The number of aryl methyl sites for hydroxylation is 1. The van der Waals surface area contributed by atoms with Gasteiger partial charge in [0.25, 0.3) is 0 Å². The summed E-state index contributed by atoms with van der Waals surface area (Å²) >= 11 is 0. The van der Waals surface area contributed by atoms with Crippen molar-refractivity contribution in [1.29, 1.82) is 0 Å². The minimum Gasteiger partial charge on any atom is -0.493 e. The van der Waals surface area contributed by atoms with Gasteiger partial charge in [0.15, 0.2) is 11.5 Å². The Bertz CT molecular complexity index is 850. The van der Waals surface area contributed by atoms with Gasteiger partial charge in [-0.05, 0) is 48.6 Å². The number of methoxy groups -OCH3 is 2. The van der Waals surface area contributed by atoms with E-state index in [1.54, 1.807) is 19.1 Å². The molecule has 0 aromatic heterocycles. The fourth-order valence-electron chi connectivity index (χ4n) is 3.44. The van der Waals surface area contributed by atoms with Crippen LogP contribution in [0.3, 0.4) is 0 Å². The van der Waals surface area contributed by atoms with Gasteiger partial charge < -0.3 is 19.7 Å². The van der Waals surface area contributed by atoms with E-state index < -0.39 is 0 Å². The first kappa shape index (κ1) is 19.7. The highest BCUT2D eigenvalue weighted by Gasteiger charge is 2.23. The summed E-state index contributed by atoms with van der Waals surface area (Å²) < 4.78 is 10.5. The molecule has 0 spiro atoms. The molecule has 3 rings (SSSR count). The van der Waals surface area contributed by atoms with Crippen LogP contribution in [0.2, 0.25) is 0 Å². The average molecular weight is 382 g/mol. The van der Waals surface area contributed by atoms with Gasteiger partial charge in [-0.1, -0.05) is 24.3 Å². The summed E-state index contributed by atoms with van der Waals surface area (Å²) in [5, 5.41) is 2.91. The fourth-order valence-corrected chi connectivity index (χ4v) is 3.44. The summed E-state index contributed by atoms with van der Waals surface area (Å²) in [6.07, 6.45) is 2.80. The maximum Gasteiger partial charge on any atom is 0.240 e. The van der Waals surface area contributed by atoms with Gasteiger partial charge in [-0.3, -0.25) is 9.59 Å². The van der Waals surface area contributed by atoms with Crippen LogP contribution >= 0.6 is 0 Å². The molecule has 2 amide bonds. The standard InChI is InChI=1S/C22H26N2O4/c1-27-19-11-10-16(14-20(19)28-2)12-13-23-21(25)15-24-18-8-4-3-6-17(18)7-5-9-22(24)26/h3-4,6,8,10-11,14H,5,7,9,12-13,15H2,1-2H3,(H,23,25). The van der Waals surface area contributed by atoms with E-state index in [2.05, 4.69) is 5.32 Å². The van der Waals surface area contributed by atoms with Crippen molar-refractivity contribution in [2.24, 2.45) is 0 Å². The van der Waals surface area contributed by atoms with Gasteiger partial charge >= 0.3 is 0 Å². The number of carbonyl (C=O) groups excluding carboxylic acids is 2. The monoisotopic (exact) mass is 382 g/mol. The van der Waals surface area contributed by atoms with Gasteiger partial charge in [0.2, 0.25) is 11.8 Å². The summed E-state index contributed by atoms with van der Waals surface area (Å²) in [4.78, 5) is 26.5. The Morgan fingerprint density at radius 1 is 1.07 bits per heavy atom. The zero-order valence-electron chi connectivity index (χ0n) is 16.4. The summed E-state index contributed by atoms with van der Waals surface area (Å²) in [7, 11) is 3.19. The SMILES string of the molecule is COc1ccc(CCNC(=O)CN2C(=O)CCCc3ccccc32)cc1OC. The number of nitrogens with zero attached hydrogens (tertiary/aromatic N) is 1. The number of hydrogen-bond donors (Lipinski definition) is 1. The molecule has 0 atom stereocenters. The first-order valence-corrected chi connectivity index (χ1v) is 9.48. The lowest BCUT2D eigenvalue weighted by Gasteiger charge is -2.22. The van der Waals surface area contributed by atoms with Crippen LogP contribution < -0.4 is 19.7 Å². The molecule has 6 heteroatoms. The summed E-state index contributed by atoms with van der Waals surface area (Å²) in [5.74, 6) is 1.18. The predicted octanol–water partition coefficient (Wildman–Crippen LogP) is 2.73. The molecule has 1 aliphatic heterocycles. The van der Waals surface area contributed by atoms with E-state index in [0.29, 0.717) is 30.9 Å². The van der Waals surface area contributed by atoms with Crippen molar-refractivity contribution in [2.75, 3.05) is 32.2 Å². The van der Waals surface area contributed by atoms with E-state index in [1.165, 1.54) is 0 Å². The summed E-state index contributed by atoms with van der Waals surface area (Å²) in [6, 6.07) is 13.5.